The van der Waals surface area contributed by atoms with E-state index in [2.05, 4.69) is 49.7 Å². The van der Waals surface area contributed by atoms with E-state index in [4.69, 9.17) is 4.74 Å². The van der Waals surface area contributed by atoms with Gasteiger partial charge < -0.3 is 4.74 Å². The van der Waals surface area contributed by atoms with Crippen molar-refractivity contribution in [3.8, 4) is 0 Å². The standard InChI is InChI=1S/C24H35FN2OS/c1-18(2)15-28-17-24(11-10-21-8-9-22(25)29-21)12-13-27(16-24)23(4,5)20-7-6-19(3)26-14-20/h6-9,14,18H,10-13,15-17H2,1-5H3. The minimum Gasteiger partial charge on any atom is -0.381 e. The summed E-state index contributed by atoms with van der Waals surface area (Å²) >= 11 is 1.27. The second kappa shape index (κ2) is 9.23. The number of rotatable bonds is 9. The maximum absolute atomic E-state index is 13.4. The Morgan fingerprint density at radius 1 is 1.28 bits per heavy atom. The van der Waals surface area contributed by atoms with Gasteiger partial charge in [0.2, 0.25) is 0 Å². The highest BCUT2D eigenvalue weighted by molar-refractivity contribution is 7.10. The van der Waals surface area contributed by atoms with E-state index in [1.165, 1.54) is 16.9 Å². The van der Waals surface area contributed by atoms with Gasteiger partial charge in [-0.1, -0.05) is 19.9 Å². The van der Waals surface area contributed by atoms with Crippen molar-refractivity contribution in [1.29, 1.82) is 0 Å². The van der Waals surface area contributed by atoms with Crippen LogP contribution in [0.3, 0.4) is 0 Å². The van der Waals surface area contributed by atoms with E-state index in [1.54, 1.807) is 6.07 Å². The Morgan fingerprint density at radius 3 is 2.69 bits per heavy atom. The molecule has 0 radical (unpaired) electrons. The van der Waals surface area contributed by atoms with E-state index in [1.807, 2.05) is 19.2 Å². The van der Waals surface area contributed by atoms with Gasteiger partial charge in [-0.3, -0.25) is 9.88 Å². The molecule has 2 aromatic heterocycles. The second-order valence-electron chi connectivity index (χ2n) is 9.53. The third-order valence-electron chi connectivity index (χ3n) is 6.24. The summed E-state index contributed by atoms with van der Waals surface area (Å²) in [6.45, 7) is 14.6. The van der Waals surface area contributed by atoms with Crippen LogP contribution in [0.4, 0.5) is 4.39 Å². The average Bonchev–Trinajstić information content (AvgIpc) is 3.27. The lowest BCUT2D eigenvalue weighted by molar-refractivity contribution is 0.0214. The molecule has 5 heteroatoms. The van der Waals surface area contributed by atoms with Gasteiger partial charge in [0.1, 0.15) is 0 Å². The molecule has 0 saturated carbocycles. The smallest absolute Gasteiger partial charge is 0.176 e. The van der Waals surface area contributed by atoms with Crippen LogP contribution in [-0.2, 0) is 16.7 Å². The molecule has 29 heavy (non-hydrogen) atoms. The van der Waals surface area contributed by atoms with Crippen LogP contribution in [0.5, 0.6) is 0 Å². The quantitative estimate of drug-likeness (QED) is 0.513. The van der Waals surface area contributed by atoms with Crippen molar-refractivity contribution >= 4 is 11.3 Å². The maximum Gasteiger partial charge on any atom is 0.176 e. The Morgan fingerprint density at radius 2 is 2.07 bits per heavy atom. The Bertz CT molecular complexity index is 786. The normalized spacial score (nSPS) is 20.7. The third kappa shape index (κ3) is 5.65. The van der Waals surface area contributed by atoms with Crippen LogP contribution in [0, 0.1) is 23.4 Å². The van der Waals surface area contributed by atoms with Gasteiger partial charge in [-0.05, 0) is 76.3 Å². The molecule has 1 aliphatic heterocycles. The van der Waals surface area contributed by atoms with Crippen LogP contribution in [0.1, 0.15) is 56.7 Å². The largest absolute Gasteiger partial charge is 0.381 e. The third-order valence-corrected chi connectivity index (χ3v) is 7.17. The topological polar surface area (TPSA) is 25.4 Å². The summed E-state index contributed by atoms with van der Waals surface area (Å²) in [6.07, 6.45) is 5.07. The molecular formula is C24H35FN2OS. The fourth-order valence-corrected chi connectivity index (χ4v) is 4.93. The Hall–Kier alpha value is -1.30. The van der Waals surface area contributed by atoms with Gasteiger partial charge in [0.05, 0.1) is 6.61 Å². The van der Waals surface area contributed by atoms with Crippen LogP contribution in [0.15, 0.2) is 30.5 Å². The Balaban J connectivity index is 1.72. The van der Waals surface area contributed by atoms with Gasteiger partial charge in [0.25, 0.3) is 0 Å². The molecule has 1 atom stereocenters. The predicted octanol–water partition coefficient (Wildman–Crippen LogP) is 5.82. The highest BCUT2D eigenvalue weighted by atomic mass is 32.1. The van der Waals surface area contributed by atoms with Gasteiger partial charge in [-0.25, -0.2) is 0 Å². The van der Waals surface area contributed by atoms with Crippen LogP contribution in [0.25, 0.3) is 0 Å². The molecule has 0 bridgehead atoms. The highest BCUT2D eigenvalue weighted by Gasteiger charge is 2.43. The van der Waals surface area contributed by atoms with Gasteiger partial charge in [0, 0.05) is 40.9 Å². The first-order chi connectivity index (χ1) is 13.7. The van der Waals surface area contributed by atoms with E-state index in [9.17, 15) is 4.39 Å². The SMILES string of the molecule is Cc1ccc(C(C)(C)N2CCC(CCc3ccc(F)s3)(COCC(C)C)C2)cn1. The first-order valence-electron chi connectivity index (χ1n) is 10.7. The number of hydrogen-bond acceptors (Lipinski definition) is 4. The van der Waals surface area contributed by atoms with Crippen molar-refractivity contribution in [2.75, 3.05) is 26.3 Å². The van der Waals surface area contributed by atoms with Crippen LogP contribution in [0.2, 0.25) is 0 Å². The molecule has 3 rings (SSSR count). The molecule has 0 N–H and O–H groups in total. The molecule has 3 heterocycles. The minimum absolute atomic E-state index is 0.0739. The van der Waals surface area contributed by atoms with Crippen molar-refractivity contribution in [3.63, 3.8) is 0 Å². The van der Waals surface area contributed by atoms with Crippen molar-refractivity contribution in [3.05, 3.63) is 51.7 Å². The fourth-order valence-electron chi connectivity index (χ4n) is 4.20. The molecule has 2 aromatic rings. The van der Waals surface area contributed by atoms with Crippen molar-refractivity contribution < 1.29 is 9.13 Å². The lowest BCUT2D eigenvalue weighted by Gasteiger charge is -2.38. The summed E-state index contributed by atoms with van der Waals surface area (Å²) in [5, 5.41) is -0.0915. The van der Waals surface area contributed by atoms with Gasteiger partial charge in [0.15, 0.2) is 5.13 Å². The van der Waals surface area contributed by atoms with Crippen LogP contribution in [-0.4, -0.2) is 36.2 Å². The van der Waals surface area contributed by atoms with Crippen molar-refractivity contribution in [1.82, 2.24) is 9.88 Å². The zero-order valence-corrected chi connectivity index (χ0v) is 19.3. The van der Waals surface area contributed by atoms with E-state index < -0.39 is 0 Å². The lowest BCUT2D eigenvalue weighted by Crippen LogP contribution is -2.42. The Labute approximate surface area is 179 Å². The molecule has 160 valence electrons. The van der Waals surface area contributed by atoms with E-state index >= 15 is 0 Å². The summed E-state index contributed by atoms with van der Waals surface area (Å²) in [6, 6.07) is 7.80. The molecule has 1 aliphatic rings. The number of halogens is 1. The monoisotopic (exact) mass is 418 g/mol. The zero-order chi connectivity index (χ0) is 21.1. The van der Waals surface area contributed by atoms with Crippen molar-refractivity contribution in [2.24, 2.45) is 11.3 Å². The van der Waals surface area contributed by atoms with E-state index in [0.717, 1.165) is 56.1 Å². The zero-order valence-electron chi connectivity index (χ0n) is 18.5. The number of hydrogen-bond donors (Lipinski definition) is 0. The summed E-state index contributed by atoms with van der Waals surface area (Å²) in [5.74, 6) is 0.533. The molecule has 0 amide bonds. The molecule has 0 aromatic carbocycles. The van der Waals surface area contributed by atoms with E-state index in [-0.39, 0.29) is 16.1 Å². The van der Waals surface area contributed by atoms with Gasteiger partial charge in [-0.15, -0.1) is 11.3 Å². The number of thiophene rings is 1. The fraction of sp³-hybridized carbons (Fsp3) is 0.625. The molecule has 1 unspecified atom stereocenters. The second-order valence-corrected chi connectivity index (χ2v) is 10.7. The van der Waals surface area contributed by atoms with Crippen molar-refractivity contribution in [2.45, 2.75) is 59.4 Å². The molecule has 0 spiro atoms. The lowest BCUT2D eigenvalue weighted by atomic mass is 9.82. The van der Waals surface area contributed by atoms with Gasteiger partial charge >= 0.3 is 0 Å². The highest BCUT2D eigenvalue weighted by Crippen LogP contribution is 2.42. The minimum atomic E-state index is -0.0915. The number of aromatic nitrogens is 1. The number of aryl methyl sites for hydroxylation is 2. The van der Waals surface area contributed by atoms with Gasteiger partial charge in [-0.2, -0.15) is 4.39 Å². The first kappa shape index (κ1) is 22.4. The predicted molar refractivity (Wildman–Crippen MR) is 119 cm³/mol. The average molecular weight is 419 g/mol. The number of nitrogens with zero attached hydrogens (tertiary/aromatic N) is 2. The van der Waals surface area contributed by atoms with Crippen LogP contribution < -0.4 is 0 Å². The number of ether oxygens (including phenoxy) is 1. The molecule has 0 aliphatic carbocycles. The van der Waals surface area contributed by atoms with Crippen LogP contribution >= 0.6 is 11.3 Å². The Kier molecular flexibility index (Phi) is 7.13. The summed E-state index contributed by atoms with van der Waals surface area (Å²) in [5.41, 5.74) is 2.34. The summed E-state index contributed by atoms with van der Waals surface area (Å²) in [4.78, 5) is 8.22. The molecule has 1 fully saturated rings. The first-order valence-corrected chi connectivity index (χ1v) is 11.5. The maximum atomic E-state index is 13.4. The van der Waals surface area contributed by atoms with E-state index in [0.29, 0.717) is 5.92 Å². The number of pyridine rings is 1. The summed E-state index contributed by atoms with van der Waals surface area (Å²) in [7, 11) is 0. The summed E-state index contributed by atoms with van der Waals surface area (Å²) < 4.78 is 19.6. The number of likely N-dealkylation sites (tertiary alicyclic amines) is 1. The molecule has 3 nitrogen and oxygen atoms in total. The molecule has 1 saturated heterocycles. The molecular weight excluding hydrogens is 383 g/mol.